The van der Waals surface area contributed by atoms with Crippen molar-refractivity contribution >= 4 is 23.5 Å². The number of hydrogen-bond donors (Lipinski definition) is 2. The Balaban J connectivity index is 1.74. The third-order valence-corrected chi connectivity index (χ3v) is 3.79. The maximum absolute atomic E-state index is 12.1. The molecular formula is C18H12N4O7. The van der Waals surface area contributed by atoms with Crippen LogP contribution in [0.2, 0.25) is 0 Å². The molecule has 0 atom stereocenters. The Morgan fingerprint density at radius 1 is 1.07 bits per heavy atom. The van der Waals surface area contributed by atoms with Gasteiger partial charge in [0.25, 0.3) is 17.3 Å². The number of furan rings is 1. The number of amides is 1. The van der Waals surface area contributed by atoms with Crippen LogP contribution in [0.3, 0.4) is 0 Å². The molecule has 2 aromatic carbocycles. The van der Waals surface area contributed by atoms with Crippen LogP contribution in [0.1, 0.15) is 16.1 Å². The summed E-state index contributed by atoms with van der Waals surface area (Å²) < 4.78 is 5.48. The van der Waals surface area contributed by atoms with Crippen LogP contribution >= 0.6 is 0 Å². The number of nitrogens with zero attached hydrogens (tertiary/aromatic N) is 3. The predicted molar refractivity (Wildman–Crippen MR) is 101 cm³/mol. The number of phenolic OH excluding ortho intramolecular Hbond substituents is 1. The van der Waals surface area contributed by atoms with Crippen molar-refractivity contribution in [3.8, 4) is 17.1 Å². The molecule has 0 fully saturated rings. The van der Waals surface area contributed by atoms with Crippen molar-refractivity contribution in [1.29, 1.82) is 0 Å². The van der Waals surface area contributed by atoms with Crippen molar-refractivity contribution in [2.45, 2.75) is 0 Å². The lowest BCUT2D eigenvalue weighted by molar-refractivity contribution is -0.384. The van der Waals surface area contributed by atoms with Crippen molar-refractivity contribution in [1.82, 2.24) is 5.43 Å². The summed E-state index contributed by atoms with van der Waals surface area (Å²) in [5.74, 6) is -0.879. The topological polar surface area (TPSA) is 161 Å². The molecule has 3 rings (SSSR count). The van der Waals surface area contributed by atoms with E-state index in [1.165, 1.54) is 30.3 Å². The van der Waals surface area contributed by atoms with Gasteiger partial charge in [-0.15, -0.1) is 0 Å². The first kappa shape index (κ1) is 19.2. The number of rotatable bonds is 6. The molecule has 11 nitrogen and oxygen atoms in total. The molecule has 0 saturated heterocycles. The fraction of sp³-hybridized carbons (Fsp3) is 0. The van der Waals surface area contributed by atoms with E-state index >= 15 is 0 Å². The highest BCUT2D eigenvalue weighted by Crippen LogP contribution is 2.30. The maximum Gasteiger partial charge on any atom is 0.280 e. The maximum atomic E-state index is 12.1. The molecule has 1 aromatic heterocycles. The molecule has 0 saturated carbocycles. The van der Waals surface area contributed by atoms with Gasteiger partial charge in [-0.25, -0.2) is 5.43 Å². The zero-order valence-corrected chi connectivity index (χ0v) is 14.5. The first-order valence-corrected chi connectivity index (χ1v) is 8.01. The standard InChI is InChI=1S/C18H12N4O7/c23-16-7-5-11(21(25)26)9-14(16)18(24)20-19-10-12-6-8-17(29-12)13-3-1-2-4-15(13)22(27)28/h1-10,23H,(H,20,24)/b19-10-. The van der Waals surface area contributed by atoms with E-state index in [0.29, 0.717) is 0 Å². The van der Waals surface area contributed by atoms with Gasteiger partial charge in [-0.1, -0.05) is 12.1 Å². The number of para-hydroxylation sites is 1. The summed E-state index contributed by atoms with van der Waals surface area (Å²) in [7, 11) is 0. The average Bonchev–Trinajstić information content (AvgIpc) is 3.16. The second-order valence-electron chi connectivity index (χ2n) is 5.63. The van der Waals surface area contributed by atoms with E-state index in [9.17, 15) is 30.1 Å². The monoisotopic (exact) mass is 396 g/mol. The van der Waals surface area contributed by atoms with Crippen LogP contribution < -0.4 is 5.43 Å². The zero-order chi connectivity index (χ0) is 21.0. The molecule has 2 N–H and O–H groups in total. The lowest BCUT2D eigenvalue weighted by Gasteiger charge is -2.02. The minimum Gasteiger partial charge on any atom is -0.507 e. The minimum atomic E-state index is -0.868. The van der Waals surface area contributed by atoms with Gasteiger partial charge in [-0.05, 0) is 24.3 Å². The lowest BCUT2D eigenvalue weighted by atomic mass is 10.1. The molecule has 0 spiro atoms. The largest absolute Gasteiger partial charge is 0.507 e. The van der Waals surface area contributed by atoms with Gasteiger partial charge in [0.2, 0.25) is 0 Å². The molecule has 0 aliphatic carbocycles. The smallest absolute Gasteiger partial charge is 0.280 e. The summed E-state index contributed by atoms with van der Waals surface area (Å²) in [5, 5.41) is 35.2. The zero-order valence-electron chi connectivity index (χ0n) is 14.5. The quantitative estimate of drug-likeness (QED) is 0.367. The van der Waals surface area contributed by atoms with Gasteiger partial charge in [0, 0.05) is 18.2 Å². The average molecular weight is 396 g/mol. The van der Waals surface area contributed by atoms with E-state index in [4.69, 9.17) is 4.42 Å². The van der Waals surface area contributed by atoms with E-state index in [1.54, 1.807) is 6.07 Å². The van der Waals surface area contributed by atoms with Gasteiger partial charge in [-0.3, -0.25) is 25.0 Å². The summed E-state index contributed by atoms with van der Waals surface area (Å²) in [6, 6.07) is 12.0. The Morgan fingerprint density at radius 3 is 2.55 bits per heavy atom. The van der Waals surface area contributed by atoms with E-state index in [-0.39, 0.29) is 34.0 Å². The number of nitro benzene ring substituents is 2. The van der Waals surface area contributed by atoms with Crippen molar-refractivity contribution in [3.05, 3.63) is 86.1 Å². The second-order valence-corrected chi connectivity index (χ2v) is 5.63. The van der Waals surface area contributed by atoms with Crippen molar-refractivity contribution < 1.29 is 24.2 Å². The summed E-state index contributed by atoms with van der Waals surface area (Å²) in [4.78, 5) is 32.7. The first-order chi connectivity index (χ1) is 13.9. The number of benzene rings is 2. The minimum absolute atomic E-state index is 0.125. The number of nitro groups is 2. The van der Waals surface area contributed by atoms with Crippen molar-refractivity contribution in [2.24, 2.45) is 5.10 Å². The number of non-ortho nitro benzene ring substituents is 1. The van der Waals surface area contributed by atoms with Gasteiger partial charge in [0.1, 0.15) is 17.3 Å². The Morgan fingerprint density at radius 2 is 1.83 bits per heavy atom. The Bertz CT molecular complexity index is 1140. The number of hydrogen-bond acceptors (Lipinski definition) is 8. The van der Waals surface area contributed by atoms with Gasteiger partial charge in [0.15, 0.2) is 0 Å². The van der Waals surface area contributed by atoms with E-state index in [2.05, 4.69) is 10.5 Å². The van der Waals surface area contributed by atoms with Crippen molar-refractivity contribution in [2.75, 3.05) is 0 Å². The van der Waals surface area contributed by atoms with Gasteiger partial charge in [-0.2, -0.15) is 5.10 Å². The molecule has 0 aliphatic heterocycles. The van der Waals surface area contributed by atoms with Gasteiger partial charge < -0.3 is 9.52 Å². The molecule has 0 radical (unpaired) electrons. The van der Waals surface area contributed by atoms with Gasteiger partial charge >= 0.3 is 0 Å². The number of phenols is 1. The van der Waals surface area contributed by atoms with E-state index in [0.717, 1.165) is 24.4 Å². The van der Waals surface area contributed by atoms with Crippen LogP contribution in [0.25, 0.3) is 11.3 Å². The molecule has 0 bridgehead atoms. The van der Waals surface area contributed by atoms with Crippen LogP contribution in [-0.2, 0) is 0 Å². The number of carbonyl (C=O) groups is 1. The second kappa shape index (κ2) is 8.00. The summed E-state index contributed by atoms with van der Waals surface area (Å²) in [5.41, 5.74) is 1.58. The molecule has 0 unspecified atom stereocenters. The SMILES string of the molecule is O=C(N/N=C\c1ccc(-c2ccccc2[N+](=O)[O-])o1)c1cc([N+](=O)[O-])ccc1O. The van der Waals surface area contributed by atoms with Crippen LogP contribution in [0, 0.1) is 20.2 Å². The van der Waals surface area contributed by atoms with Crippen LogP contribution in [0.5, 0.6) is 5.75 Å². The highest BCUT2D eigenvalue weighted by Gasteiger charge is 2.18. The third kappa shape index (κ3) is 4.24. The van der Waals surface area contributed by atoms with Crippen LogP contribution in [0.15, 0.2) is 64.1 Å². The fourth-order valence-corrected chi connectivity index (χ4v) is 2.44. The Labute approximate surface area is 162 Å². The molecule has 29 heavy (non-hydrogen) atoms. The molecule has 146 valence electrons. The van der Waals surface area contributed by atoms with Crippen molar-refractivity contribution in [3.63, 3.8) is 0 Å². The summed E-state index contributed by atoms with van der Waals surface area (Å²) in [6.45, 7) is 0. The Hall–Kier alpha value is -4.54. The highest BCUT2D eigenvalue weighted by molar-refractivity contribution is 5.97. The fourth-order valence-electron chi connectivity index (χ4n) is 2.44. The molecule has 1 heterocycles. The lowest BCUT2D eigenvalue weighted by Crippen LogP contribution is -2.17. The molecular weight excluding hydrogens is 384 g/mol. The van der Waals surface area contributed by atoms with E-state index in [1.807, 2.05) is 0 Å². The van der Waals surface area contributed by atoms with Gasteiger partial charge in [0.05, 0.1) is 27.2 Å². The number of carbonyl (C=O) groups excluding carboxylic acids is 1. The van der Waals surface area contributed by atoms with E-state index < -0.39 is 21.5 Å². The number of hydrazone groups is 1. The molecule has 0 aliphatic rings. The third-order valence-electron chi connectivity index (χ3n) is 3.79. The summed E-state index contributed by atoms with van der Waals surface area (Å²) >= 11 is 0. The predicted octanol–water partition coefficient (Wildman–Crippen LogP) is 3.23. The first-order valence-electron chi connectivity index (χ1n) is 8.01. The molecule has 3 aromatic rings. The molecule has 1 amide bonds. The van der Waals surface area contributed by atoms with Crippen LogP contribution in [-0.4, -0.2) is 27.1 Å². The van der Waals surface area contributed by atoms with Crippen LogP contribution in [0.4, 0.5) is 11.4 Å². The Kier molecular flexibility index (Phi) is 5.30. The number of aromatic hydroxyl groups is 1. The summed E-state index contributed by atoms with van der Waals surface area (Å²) in [6.07, 6.45) is 1.14. The number of nitrogens with one attached hydrogen (secondary N) is 1. The highest BCUT2D eigenvalue weighted by atomic mass is 16.6. The molecule has 11 heteroatoms. The normalized spacial score (nSPS) is 10.8.